The zero-order chi connectivity index (χ0) is 31.5. The van der Waals surface area contributed by atoms with Gasteiger partial charge in [-0.15, -0.1) is 0 Å². The van der Waals surface area contributed by atoms with Gasteiger partial charge in [-0.1, -0.05) is 18.2 Å². The summed E-state index contributed by atoms with van der Waals surface area (Å²) in [6, 6.07) is 15.4. The highest BCUT2D eigenvalue weighted by molar-refractivity contribution is 6.08. The van der Waals surface area contributed by atoms with Gasteiger partial charge in [0.25, 0.3) is 5.91 Å². The van der Waals surface area contributed by atoms with Crippen LogP contribution in [0.2, 0.25) is 0 Å². The molecule has 234 valence electrons. The molecule has 0 spiro atoms. The number of amides is 1. The second kappa shape index (κ2) is 16.0. The molecule has 0 unspecified atom stereocenters. The molecule has 0 fully saturated rings. The van der Waals surface area contributed by atoms with E-state index in [-0.39, 0.29) is 6.54 Å². The summed E-state index contributed by atoms with van der Waals surface area (Å²) in [5.41, 5.74) is 11.8. The first-order valence-electron chi connectivity index (χ1n) is 15.0. The Morgan fingerprint density at radius 1 is 0.932 bits per heavy atom. The predicted octanol–water partition coefficient (Wildman–Crippen LogP) is 4.44. The minimum atomic E-state index is -0.596. The lowest BCUT2D eigenvalue weighted by Crippen LogP contribution is -2.31. The van der Waals surface area contributed by atoms with Crippen molar-refractivity contribution in [2.75, 3.05) is 64.5 Å². The Bertz CT molecular complexity index is 1630. The van der Waals surface area contributed by atoms with Crippen molar-refractivity contribution in [3.63, 3.8) is 0 Å². The SMILES string of the molecule is CCN=c1cc2oc3cc(NCC)c(C)cc3c(-c3ccccc3C(=O)OCC(=O)NCCOCCOCCN)c-2cc1C. The molecule has 4 rings (SSSR count). The van der Waals surface area contributed by atoms with Gasteiger partial charge in [-0.2, -0.15) is 0 Å². The Morgan fingerprint density at radius 2 is 1.70 bits per heavy atom. The summed E-state index contributed by atoms with van der Waals surface area (Å²) in [5, 5.41) is 7.82. The van der Waals surface area contributed by atoms with E-state index in [1.165, 1.54) is 0 Å². The van der Waals surface area contributed by atoms with Crippen LogP contribution in [0.25, 0.3) is 33.4 Å². The van der Waals surface area contributed by atoms with E-state index in [1.807, 2.05) is 52.0 Å². The van der Waals surface area contributed by atoms with Crippen molar-refractivity contribution in [3.8, 4) is 22.5 Å². The van der Waals surface area contributed by atoms with Gasteiger partial charge >= 0.3 is 5.97 Å². The summed E-state index contributed by atoms with van der Waals surface area (Å²) in [6.45, 7) is 11.5. The number of anilines is 1. The minimum absolute atomic E-state index is 0.287. The van der Waals surface area contributed by atoms with Crippen molar-refractivity contribution in [1.29, 1.82) is 0 Å². The smallest absolute Gasteiger partial charge is 0.339 e. The van der Waals surface area contributed by atoms with Crippen LogP contribution in [0.1, 0.15) is 35.3 Å². The summed E-state index contributed by atoms with van der Waals surface area (Å²) in [5.74, 6) is -0.351. The molecule has 0 bridgehead atoms. The van der Waals surface area contributed by atoms with E-state index in [2.05, 4.69) is 27.8 Å². The number of carbonyl (C=O) groups is 2. The number of hydrogen-bond acceptors (Lipinski definition) is 9. The normalized spacial score (nSPS) is 11.7. The molecule has 1 aliphatic heterocycles. The third-order valence-electron chi connectivity index (χ3n) is 7.03. The molecule has 0 atom stereocenters. The largest absolute Gasteiger partial charge is 0.456 e. The Kier molecular flexibility index (Phi) is 11.9. The van der Waals surface area contributed by atoms with Gasteiger partial charge in [-0.3, -0.25) is 9.79 Å². The number of fused-ring (bicyclic) bond motifs is 2. The van der Waals surface area contributed by atoms with Crippen LogP contribution in [-0.2, 0) is 19.0 Å². The van der Waals surface area contributed by atoms with Gasteiger partial charge < -0.3 is 35.0 Å². The standard InChI is InChI=1S/C34H42N4O6/c1-5-36-28-19-30-26(17-22(28)3)33(27-18-23(4)29(37-6-2)20-31(27)44-30)24-9-7-8-10-25(24)34(40)43-21-32(39)38-12-14-42-16-15-41-13-11-35/h7-10,17-20,36H,5-6,11-16,21,35H2,1-4H3,(H,38,39). The average Bonchev–Trinajstić information content (AvgIpc) is 3.01. The zero-order valence-corrected chi connectivity index (χ0v) is 26.0. The molecule has 0 aromatic heterocycles. The first-order valence-corrected chi connectivity index (χ1v) is 15.0. The summed E-state index contributed by atoms with van der Waals surface area (Å²) in [6.07, 6.45) is 0. The number of aryl methyl sites for hydroxylation is 2. The summed E-state index contributed by atoms with van der Waals surface area (Å²) in [4.78, 5) is 30.5. The van der Waals surface area contributed by atoms with Crippen LogP contribution in [0.3, 0.4) is 0 Å². The molecule has 44 heavy (non-hydrogen) atoms. The van der Waals surface area contributed by atoms with Gasteiger partial charge in [0, 0.05) is 60.5 Å². The van der Waals surface area contributed by atoms with Gasteiger partial charge in [-0.05, 0) is 62.6 Å². The molecule has 1 amide bonds. The van der Waals surface area contributed by atoms with Crippen LogP contribution in [0, 0.1) is 13.8 Å². The highest BCUT2D eigenvalue weighted by Gasteiger charge is 2.23. The van der Waals surface area contributed by atoms with E-state index in [9.17, 15) is 9.59 Å². The second-order valence-electron chi connectivity index (χ2n) is 10.3. The number of esters is 1. The molecule has 1 heterocycles. The van der Waals surface area contributed by atoms with Crippen LogP contribution < -0.4 is 21.7 Å². The number of nitrogens with one attached hydrogen (secondary N) is 2. The second-order valence-corrected chi connectivity index (χ2v) is 10.3. The maximum atomic E-state index is 13.4. The Morgan fingerprint density at radius 3 is 2.45 bits per heavy atom. The van der Waals surface area contributed by atoms with Gasteiger partial charge in [0.1, 0.15) is 11.3 Å². The Balaban J connectivity index is 1.63. The monoisotopic (exact) mass is 602 g/mol. The fourth-order valence-electron chi connectivity index (χ4n) is 5.01. The fraction of sp³-hybridized carbons (Fsp3) is 0.382. The van der Waals surface area contributed by atoms with Crippen molar-refractivity contribution in [3.05, 3.63) is 70.6 Å². The third-order valence-corrected chi connectivity index (χ3v) is 7.03. The van der Waals surface area contributed by atoms with Crippen molar-refractivity contribution >= 4 is 28.5 Å². The number of carbonyl (C=O) groups excluding carboxylic acids is 2. The van der Waals surface area contributed by atoms with Crippen LogP contribution in [0.5, 0.6) is 0 Å². The molecule has 10 heteroatoms. The molecule has 4 N–H and O–H groups in total. The molecule has 10 nitrogen and oxygen atoms in total. The highest BCUT2D eigenvalue weighted by Crippen LogP contribution is 2.43. The molecule has 0 saturated carbocycles. The van der Waals surface area contributed by atoms with Crippen molar-refractivity contribution in [1.82, 2.24) is 5.32 Å². The van der Waals surface area contributed by atoms with Gasteiger partial charge in [0.05, 0.1) is 37.3 Å². The van der Waals surface area contributed by atoms with E-state index >= 15 is 0 Å². The number of rotatable bonds is 15. The molecule has 0 radical (unpaired) electrons. The molecule has 2 aromatic rings. The summed E-state index contributed by atoms with van der Waals surface area (Å²) < 4.78 is 22.6. The zero-order valence-electron chi connectivity index (χ0n) is 26.0. The van der Waals surface area contributed by atoms with Crippen LogP contribution in [-0.4, -0.2) is 71.1 Å². The first kappa shape index (κ1) is 32.7. The van der Waals surface area contributed by atoms with E-state index in [4.69, 9.17) is 24.4 Å². The summed E-state index contributed by atoms with van der Waals surface area (Å²) >= 11 is 0. The van der Waals surface area contributed by atoms with E-state index < -0.39 is 18.5 Å². The quantitative estimate of drug-likeness (QED) is 0.103. The number of ether oxygens (including phenoxy) is 3. The van der Waals surface area contributed by atoms with Crippen molar-refractivity contribution < 1.29 is 28.2 Å². The van der Waals surface area contributed by atoms with Crippen molar-refractivity contribution in [2.45, 2.75) is 27.7 Å². The maximum absolute atomic E-state index is 13.4. The van der Waals surface area contributed by atoms with Crippen LogP contribution >= 0.6 is 0 Å². The molecular weight excluding hydrogens is 560 g/mol. The molecule has 0 saturated heterocycles. The van der Waals surface area contributed by atoms with Gasteiger partial charge in [0.15, 0.2) is 6.61 Å². The lowest BCUT2D eigenvalue weighted by atomic mass is 9.89. The first-order chi connectivity index (χ1) is 21.4. The number of benzene rings is 3. The predicted molar refractivity (Wildman–Crippen MR) is 172 cm³/mol. The topological polar surface area (TPSA) is 137 Å². The van der Waals surface area contributed by atoms with E-state index in [0.29, 0.717) is 62.0 Å². The molecule has 1 aliphatic carbocycles. The minimum Gasteiger partial charge on any atom is -0.456 e. The van der Waals surface area contributed by atoms with Gasteiger partial charge in [0.2, 0.25) is 0 Å². The molecule has 2 aliphatic rings. The third kappa shape index (κ3) is 8.02. The number of nitrogens with zero attached hydrogens (tertiary/aromatic N) is 1. The van der Waals surface area contributed by atoms with E-state index in [0.717, 1.165) is 45.2 Å². The maximum Gasteiger partial charge on any atom is 0.339 e. The highest BCUT2D eigenvalue weighted by atomic mass is 16.5. The van der Waals surface area contributed by atoms with Crippen molar-refractivity contribution in [2.24, 2.45) is 10.7 Å². The van der Waals surface area contributed by atoms with Crippen LogP contribution in [0.15, 0.2) is 57.9 Å². The number of nitrogens with two attached hydrogens (primary N) is 1. The lowest BCUT2D eigenvalue weighted by molar-refractivity contribution is -0.124. The fourth-order valence-corrected chi connectivity index (χ4v) is 5.01. The molecule has 2 aromatic carbocycles. The molecular formula is C34H42N4O6. The Labute approximate surface area is 257 Å². The summed E-state index contributed by atoms with van der Waals surface area (Å²) in [7, 11) is 0. The van der Waals surface area contributed by atoms with E-state index in [1.54, 1.807) is 12.1 Å². The lowest BCUT2D eigenvalue weighted by Gasteiger charge is -2.19. The van der Waals surface area contributed by atoms with Gasteiger partial charge in [-0.25, -0.2) is 4.79 Å². The van der Waals surface area contributed by atoms with Crippen LogP contribution in [0.4, 0.5) is 5.69 Å². The Hall–Kier alpha value is -4.25. The number of hydrogen-bond donors (Lipinski definition) is 3. The average molecular weight is 603 g/mol.